The van der Waals surface area contributed by atoms with Crippen LogP contribution < -0.4 is 10.6 Å². The molecule has 0 radical (unpaired) electrons. The van der Waals surface area contributed by atoms with Crippen LogP contribution in [0.25, 0.3) is 5.65 Å². The van der Waals surface area contributed by atoms with Crippen molar-refractivity contribution in [3.8, 4) is 0 Å². The van der Waals surface area contributed by atoms with Gasteiger partial charge in [-0.2, -0.15) is 5.10 Å². The number of fused-ring (bicyclic) bond motifs is 1. The lowest BCUT2D eigenvalue weighted by molar-refractivity contribution is -0.123. The summed E-state index contributed by atoms with van der Waals surface area (Å²) >= 11 is 3.43. The predicted octanol–water partition coefficient (Wildman–Crippen LogP) is 2.25. The molecule has 0 aromatic carbocycles. The highest BCUT2D eigenvalue weighted by atomic mass is 79.9. The zero-order valence-corrected chi connectivity index (χ0v) is 16.9. The number of rotatable bonds is 5. The molecule has 0 saturated heterocycles. The molecule has 3 aromatic heterocycles. The van der Waals surface area contributed by atoms with Crippen molar-refractivity contribution in [2.45, 2.75) is 12.6 Å². The van der Waals surface area contributed by atoms with Gasteiger partial charge in [-0.05, 0) is 35.1 Å². The molecule has 3 heterocycles. The highest BCUT2D eigenvalue weighted by Crippen LogP contribution is 2.14. The maximum absolute atomic E-state index is 12.4. The molecule has 0 spiro atoms. The number of carbonyl (C=O) groups is 1. The second-order valence-corrected chi connectivity index (χ2v) is 6.15. The summed E-state index contributed by atoms with van der Waals surface area (Å²) in [5, 5.41) is 10.0. The fraction of sp³-hybridized carbons (Fsp3) is 0.267. The Morgan fingerprint density at radius 1 is 1.28 bits per heavy atom. The number of likely N-dealkylation sites (N-methyl/N-ethyl adjacent to an activating group) is 1. The van der Waals surface area contributed by atoms with E-state index in [-0.39, 0.29) is 30.7 Å². The number of nitrogens with one attached hydrogen (secondary N) is 2. The lowest BCUT2D eigenvalue weighted by Gasteiger charge is -2.13. The molecule has 0 bridgehead atoms. The molecule has 1 unspecified atom stereocenters. The number of imidazole rings is 1. The van der Waals surface area contributed by atoms with Crippen LogP contribution in [0.2, 0.25) is 0 Å². The smallest absolute Gasteiger partial charge is 0.242 e. The van der Waals surface area contributed by atoms with E-state index in [1.165, 1.54) is 0 Å². The van der Waals surface area contributed by atoms with E-state index in [2.05, 4.69) is 36.6 Å². The zero-order valence-electron chi connectivity index (χ0n) is 13.6. The van der Waals surface area contributed by atoms with Gasteiger partial charge in [-0.15, -0.1) is 24.8 Å². The Kier molecular flexibility index (Phi) is 7.88. The number of pyridine rings is 1. The number of hydrogen-bond acceptors (Lipinski definition) is 4. The number of amides is 1. The van der Waals surface area contributed by atoms with Crippen molar-refractivity contribution >= 4 is 52.3 Å². The van der Waals surface area contributed by atoms with E-state index in [1.807, 2.05) is 42.2 Å². The highest BCUT2D eigenvalue weighted by molar-refractivity contribution is 9.10. The lowest BCUT2D eigenvalue weighted by atomic mass is 10.1. The van der Waals surface area contributed by atoms with Crippen molar-refractivity contribution in [3.63, 3.8) is 0 Å². The van der Waals surface area contributed by atoms with Gasteiger partial charge in [-0.25, -0.2) is 4.98 Å². The molecule has 0 fully saturated rings. The molecular weight excluding hydrogens is 431 g/mol. The minimum Gasteiger partial charge on any atom is -0.349 e. The lowest BCUT2D eigenvalue weighted by Crippen LogP contribution is -2.35. The van der Waals surface area contributed by atoms with Gasteiger partial charge in [0.2, 0.25) is 5.91 Å². The van der Waals surface area contributed by atoms with E-state index in [0.717, 1.165) is 21.4 Å². The molecule has 0 aliphatic carbocycles. The quantitative estimate of drug-likeness (QED) is 0.626. The summed E-state index contributed by atoms with van der Waals surface area (Å²) in [4.78, 5) is 16.9. The topological polar surface area (TPSA) is 76.2 Å². The van der Waals surface area contributed by atoms with Gasteiger partial charge in [0, 0.05) is 35.7 Å². The Morgan fingerprint density at radius 3 is 2.68 bits per heavy atom. The molecule has 0 saturated carbocycles. The van der Waals surface area contributed by atoms with Gasteiger partial charge in [0.25, 0.3) is 0 Å². The van der Waals surface area contributed by atoms with Crippen LogP contribution in [0.4, 0.5) is 0 Å². The van der Waals surface area contributed by atoms with E-state index in [9.17, 15) is 4.79 Å². The van der Waals surface area contributed by atoms with Gasteiger partial charge in [0.15, 0.2) is 0 Å². The summed E-state index contributed by atoms with van der Waals surface area (Å²) in [6, 6.07) is 3.42. The first kappa shape index (κ1) is 21.4. The van der Waals surface area contributed by atoms with Crippen LogP contribution in [-0.2, 0) is 18.4 Å². The van der Waals surface area contributed by atoms with Gasteiger partial charge in [0.1, 0.15) is 11.7 Å². The van der Waals surface area contributed by atoms with Crippen LogP contribution in [0.3, 0.4) is 0 Å². The van der Waals surface area contributed by atoms with Crippen molar-refractivity contribution in [1.82, 2.24) is 29.8 Å². The standard InChI is InChI=1S/C15H17BrN6O.2ClH/c1-17-14(10-5-19-21(2)7-10)15(23)18-6-12-9-22-8-11(16)3-4-13(22)20-12;;/h3-5,7-9,14,17H,6H2,1-2H3,(H,18,23);2*1H. The Labute approximate surface area is 166 Å². The Morgan fingerprint density at radius 2 is 2.04 bits per heavy atom. The Balaban J connectivity index is 0.00000156. The third kappa shape index (κ3) is 4.94. The normalized spacial score (nSPS) is 11.5. The van der Waals surface area contributed by atoms with Crippen molar-refractivity contribution < 1.29 is 4.79 Å². The van der Waals surface area contributed by atoms with Crippen LogP contribution in [0.5, 0.6) is 0 Å². The summed E-state index contributed by atoms with van der Waals surface area (Å²) in [5.74, 6) is -0.112. The average Bonchev–Trinajstić information content (AvgIpc) is 3.11. The van der Waals surface area contributed by atoms with Gasteiger partial charge in [-0.3, -0.25) is 9.48 Å². The van der Waals surface area contributed by atoms with Gasteiger partial charge >= 0.3 is 0 Å². The van der Waals surface area contributed by atoms with Crippen LogP contribution in [-0.4, -0.2) is 32.1 Å². The van der Waals surface area contributed by atoms with Crippen molar-refractivity contribution in [2.75, 3.05) is 7.05 Å². The summed E-state index contributed by atoms with van der Waals surface area (Å²) in [6.45, 7) is 0.372. The first-order valence-corrected chi connectivity index (χ1v) is 7.93. The minimum atomic E-state index is -0.435. The van der Waals surface area contributed by atoms with Gasteiger partial charge in [-0.1, -0.05) is 0 Å². The summed E-state index contributed by atoms with van der Waals surface area (Å²) in [7, 11) is 3.57. The largest absolute Gasteiger partial charge is 0.349 e. The first-order chi connectivity index (χ1) is 11.1. The molecule has 1 amide bonds. The Bertz CT molecular complexity index is 850. The van der Waals surface area contributed by atoms with Crippen molar-refractivity contribution in [2.24, 2.45) is 7.05 Å². The monoisotopic (exact) mass is 448 g/mol. The van der Waals surface area contributed by atoms with E-state index >= 15 is 0 Å². The summed E-state index contributed by atoms with van der Waals surface area (Å²) in [6.07, 6.45) is 7.34. The van der Waals surface area contributed by atoms with Crippen molar-refractivity contribution in [3.05, 3.63) is 52.7 Å². The number of halogens is 3. The Hall–Kier alpha value is -1.61. The SMILES string of the molecule is CNC(C(=O)NCc1cn2cc(Br)ccc2n1)c1cnn(C)c1.Cl.Cl. The molecule has 2 N–H and O–H groups in total. The number of aromatic nitrogens is 4. The van der Waals surface area contributed by atoms with Crippen LogP contribution >= 0.6 is 40.7 Å². The van der Waals surface area contributed by atoms with E-state index in [0.29, 0.717) is 6.54 Å². The first-order valence-electron chi connectivity index (χ1n) is 7.13. The number of hydrogen-bond donors (Lipinski definition) is 2. The molecule has 7 nitrogen and oxygen atoms in total. The van der Waals surface area contributed by atoms with Gasteiger partial charge in [0.05, 0.1) is 18.4 Å². The third-order valence-electron chi connectivity index (χ3n) is 3.52. The van der Waals surface area contributed by atoms with E-state index in [1.54, 1.807) is 17.9 Å². The average molecular weight is 450 g/mol. The fourth-order valence-corrected chi connectivity index (χ4v) is 2.77. The molecule has 0 aliphatic rings. The number of nitrogens with zero attached hydrogens (tertiary/aromatic N) is 4. The maximum Gasteiger partial charge on any atom is 0.242 e. The van der Waals surface area contributed by atoms with Crippen molar-refractivity contribution in [1.29, 1.82) is 0 Å². The van der Waals surface area contributed by atoms with Crippen LogP contribution in [0.1, 0.15) is 17.3 Å². The molecule has 1 atom stereocenters. The van der Waals surface area contributed by atoms with Crippen LogP contribution in [0.15, 0.2) is 41.4 Å². The molecule has 3 rings (SSSR count). The second kappa shape index (κ2) is 9.19. The summed E-state index contributed by atoms with van der Waals surface area (Å²) in [5.41, 5.74) is 2.47. The molecule has 136 valence electrons. The molecule has 0 aliphatic heterocycles. The number of carbonyl (C=O) groups excluding carboxylic acids is 1. The molecule has 3 aromatic rings. The summed E-state index contributed by atoms with van der Waals surface area (Å²) < 4.78 is 4.57. The van der Waals surface area contributed by atoms with Crippen LogP contribution in [0, 0.1) is 0 Å². The third-order valence-corrected chi connectivity index (χ3v) is 3.99. The predicted molar refractivity (Wildman–Crippen MR) is 104 cm³/mol. The highest BCUT2D eigenvalue weighted by Gasteiger charge is 2.20. The maximum atomic E-state index is 12.4. The zero-order chi connectivity index (χ0) is 16.4. The van der Waals surface area contributed by atoms with E-state index in [4.69, 9.17) is 0 Å². The van der Waals surface area contributed by atoms with Gasteiger partial charge < -0.3 is 15.0 Å². The molecular formula is C15H19BrCl2N6O. The molecule has 25 heavy (non-hydrogen) atoms. The fourth-order valence-electron chi connectivity index (χ4n) is 2.42. The van der Waals surface area contributed by atoms with E-state index < -0.39 is 6.04 Å². The second-order valence-electron chi connectivity index (χ2n) is 5.23. The molecule has 10 heteroatoms. The number of aryl methyl sites for hydroxylation is 1. The minimum absolute atomic E-state index is 0.